The number of allylic oxidation sites excluding steroid dienone is 2. The lowest BCUT2D eigenvalue weighted by Gasteiger charge is -2.24. The normalized spacial score (nSPS) is 14.1. The maximum atomic E-state index is 13.4. The van der Waals surface area contributed by atoms with Crippen LogP contribution in [0, 0.1) is 5.92 Å². The summed E-state index contributed by atoms with van der Waals surface area (Å²) in [6, 6.07) is 23.4. The van der Waals surface area contributed by atoms with Crippen LogP contribution in [-0.4, -0.2) is 66.9 Å². The van der Waals surface area contributed by atoms with E-state index in [-0.39, 0.29) is 50.9 Å². The van der Waals surface area contributed by atoms with Gasteiger partial charge in [0, 0.05) is 18.4 Å². The number of nitrogens with one attached hydrogen (secondary N) is 3. The molecule has 10 nitrogen and oxygen atoms in total. The molecular weight excluding hydrogens is 634 g/mol. The Morgan fingerprint density at radius 2 is 1.48 bits per heavy atom. The Labute approximate surface area is 294 Å². The summed E-state index contributed by atoms with van der Waals surface area (Å²) in [4.78, 5) is 52.4. The van der Waals surface area contributed by atoms with Gasteiger partial charge in [0.15, 0.2) is 0 Å². The van der Waals surface area contributed by atoms with Gasteiger partial charge >= 0.3 is 12.1 Å². The number of ether oxygens (including phenoxy) is 2. The van der Waals surface area contributed by atoms with Crippen LogP contribution in [0.4, 0.5) is 4.79 Å². The Hall–Kier alpha value is -5.22. The predicted octanol–water partition coefficient (Wildman–Crippen LogP) is 5.21. The van der Waals surface area contributed by atoms with Gasteiger partial charge in [-0.2, -0.15) is 0 Å². The highest BCUT2D eigenvalue weighted by Gasteiger charge is 2.31. The molecule has 3 aromatic rings. The minimum atomic E-state index is -1.01. The standard InChI is InChI=1S/C40H47N3O7/c1-4-6-21-36(43-40(48)50-26-35-33-19-12-10-17-31(33)32-18-11-13-20-34(32)35)39(47)49-25-30(22-28-15-8-7-9-16-28)42-38(46)29(14-5-2)23-37(45)41-27(3)24-44/h4-5,7-13,15-20,27,29-30,35-36,44H,1-2,6,14,21-26H2,3H3,(H,41,45)(H,42,46)(H,43,48)/t27-,29-,30+,36+/m1/s1. The highest BCUT2D eigenvalue weighted by Crippen LogP contribution is 2.44. The number of esters is 1. The van der Waals surface area contributed by atoms with Gasteiger partial charge in [-0.25, -0.2) is 9.59 Å². The van der Waals surface area contributed by atoms with E-state index in [1.54, 1.807) is 19.1 Å². The Morgan fingerprint density at radius 3 is 2.10 bits per heavy atom. The van der Waals surface area contributed by atoms with Crippen molar-refractivity contribution in [2.24, 2.45) is 5.92 Å². The molecule has 0 radical (unpaired) electrons. The van der Waals surface area contributed by atoms with Crippen molar-refractivity contribution in [1.82, 2.24) is 16.0 Å². The van der Waals surface area contributed by atoms with Crippen LogP contribution in [0.2, 0.25) is 0 Å². The monoisotopic (exact) mass is 681 g/mol. The van der Waals surface area contributed by atoms with E-state index in [0.717, 1.165) is 27.8 Å². The summed E-state index contributed by atoms with van der Waals surface area (Å²) in [5, 5.41) is 17.6. The molecule has 0 unspecified atom stereocenters. The number of hydrogen-bond acceptors (Lipinski definition) is 7. The summed E-state index contributed by atoms with van der Waals surface area (Å²) in [6.45, 7) is 8.82. The van der Waals surface area contributed by atoms with Crippen LogP contribution in [-0.2, 0) is 30.3 Å². The first kappa shape index (κ1) is 37.6. The fourth-order valence-corrected chi connectivity index (χ4v) is 6.06. The maximum absolute atomic E-state index is 13.4. The van der Waals surface area contributed by atoms with Gasteiger partial charge in [-0.05, 0) is 60.4 Å². The highest BCUT2D eigenvalue weighted by atomic mass is 16.6. The summed E-state index contributed by atoms with van der Waals surface area (Å²) in [7, 11) is 0. The minimum absolute atomic E-state index is 0.0943. The molecule has 50 heavy (non-hydrogen) atoms. The first-order valence-corrected chi connectivity index (χ1v) is 17.0. The number of hydrogen-bond donors (Lipinski definition) is 4. The third-order valence-electron chi connectivity index (χ3n) is 8.61. The third kappa shape index (κ3) is 10.6. The molecule has 4 N–H and O–H groups in total. The number of rotatable bonds is 19. The Balaban J connectivity index is 1.39. The first-order chi connectivity index (χ1) is 24.2. The van der Waals surface area contributed by atoms with E-state index in [1.807, 2.05) is 66.7 Å². The van der Waals surface area contributed by atoms with Gasteiger partial charge in [0.1, 0.15) is 19.3 Å². The highest BCUT2D eigenvalue weighted by molar-refractivity contribution is 5.86. The van der Waals surface area contributed by atoms with Gasteiger partial charge in [0.2, 0.25) is 11.8 Å². The molecule has 4 atom stereocenters. The zero-order valence-corrected chi connectivity index (χ0v) is 28.5. The lowest BCUT2D eigenvalue weighted by molar-refractivity contribution is -0.147. The lowest BCUT2D eigenvalue weighted by atomic mass is 9.98. The molecule has 264 valence electrons. The summed E-state index contributed by atoms with van der Waals surface area (Å²) >= 11 is 0. The Kier molecular flexibility index (Phi) is 14.4. The zero-order chi connectivity index (χ0) is 35.9. The summed E-state index contributed by atoms with van der Waals surface area (Å²) in [6.07, 6.45) is 3.65. The van der Waals surface area contributed by atoms with Crippen LogP contribution >= 0.6 is 0 Å². The second-order valence-electron chi connectivity index (χ2n) is 12.5. The van der Waals surface area contributed by atoms with E-state index in [0.29, 0.717) is 12.8 Å². The quantitative estimate of drug-likeness (QED) is 0.101. The second-order valence-corrected chi connectivity index (χ2v) is 12.5. The van der Waals surface area contributed by atoms with E-state index in [4.69, 9.17) is 9.47 Å². The molecule has 4 rings (SSSR count). The predicted molar refractivity (Wildman–Crippen MR) is 192 cm³/mol. The van der Waals surface area contributed by atoms with Crippen molar-refractivity contribution >= 4 is 23.9 Å². The van der Waals surface area contributed by atoms with Crippen molar-refractivity contribution in [2.45, 2.75) is 63.1 Å². The van der Waals surface area contributed by atoms with Gasteiger partial charge in [0.25, 0.3) is 0 Å². The average molecular weight is 682 g/mol. The first-order valence-electron chi connectivity index (χ1n) is 17.0. The third-order valence-corrected chi connectivity index (χ3v) is 8.61. The van der Waals surface area contributed by atoms with Crippen LogP contribution in [0.25, 0.3) is 11.1 Å². The fraction of sp³-hybridized carbons (Fsp3) is 0.350. The number of benzene rings is 3. The van der Waals surface area contributed by atoms with Crippen molar-refractivity contribution in [3.8, 4) is 11.1 Å². The van der Waals surface area contributed by atoms with Crippen LogP contribution in [0.1, 0.15) is 55.2 Å². The van der Waals surface area contributed by atoms with Crippen LogP contribution in [0.5, 0.6) is 0 Å². The Morgan fingerprint density at radius 1 is 0.840 bits per heavy atom. The number of carbonyl (C=O) groups is 4. The zero-order valence-electron chi connectivity index (χ0n) is 28.5. The molecule has 1 aliphatic rings. The second kappa shape index (κ2) is 19.1. The molecule has 3 amide bonds. The molecule has 0 spiro atoms. The number of carbonyl (C=O) groups excluding carboxylic acids is 4. The molecule has 0 fully saturated rings. The van der Waals surface area contributed by atoms with Crippen molar-refractivity contribution in [1.29, 1.82) is 0 Å². The van der Waals surface area contributed by atoms with Gasteiger partial charge < -0.3 is 30.5 Å². The van der Waals surface area contributed by atoms with E-state index in [2.05, 4.69) is 41.2 Å². The van der Waals surface area contributed by atoms with E-state index >= 15 is 0 Å². The summed E-state index contributed by atoms with van der Waals surface area (Å²) < 4.78 is 11.4. The average Bonchev–Trinajstić information content (AvgIpc) is 3.44. The van der Waals surface area contributed by atoms with Crippen molar-refractivity contribution in [2.75, 3.05) is 19.8 Å². The van der Waals surface area contributed by atoms with Gasteiger partial charge in [-0.1, -0.05) is 91.0 Å². The molecule has 0 saturated heterocycles. The SMILES string of the molecule is C=CCC[C@H](NC(=O)OCC1c2ccccc2-c2ccccc21)C(=O)OC[C@H](Cc1ccccc1)NC(=O)[C@H](CC=C)CC(=O)N[C@H](C)CO. The number of aliphatic hydroxyl groups excluding tert-OH is 1. The van der Waals surface area contributed by atoms with Crippen LogP contribution in [0.15, 0.2) is 104 Å². The number of fused-ring (bicyclic) bond motifs is 3. The number of aliphatic hydroxyl groups is 1. The van der Waals surface area contributed by atoms with Crippen molar-refractivity contribution in [3.63, 3.8) is 0 Å². The molecule has 1 aliphatic carbocycles. The topological polar surface area (TPSA) is 143 Å². The van der Waals surface area contributed by atoms with Gasteiger partial charge in [-0.15, -0.1) is 13.2 Å². The van der Waals surface area contributed by atoms with Crippen molar-refractivity contribution in [3.05, 3.63) is 121 Å². The molecule has 3 aromatic carbocycles. The Bertz CT molecular complexity index is 1580. The summed E-state index contributed by atoms with van der Waals surface area (Å²) in [5.41, 5.74) is 5.27. The molecule has 0 aliphatic heterocycles. The summed E-state index contributed by atoms with van der Waals surface area (Å²) in [5.74, 6) is -2.30. The van der Waals surface area contributed by atoms with E-state index < -0.39 is 42.0 Å². The van der Waals surface area contributed by atoms with Crippen LogP contribution < -0.4 is 16.0 Å². The van der Waals surface area contributed by atoms with E-state index in [1.165, 1.54) is 0 Å². The van der Waals surface area contributed by atoms with E-state index in [9.17, 15) is 24.3 Å². The smallest absolute Gasteiger partial charge is 0.407 e. The van der Waals surface area contributed by atoms with Gasteiger partial charge in [0.05, 0.1) is 18.6 Å². The van der Waals surface area contributed by atoms with Crippen LogP contribution in [0.3, 0.4) is 0 Å². The number of amides is 3. The lowest BCUT2D eigenvalue weighted by Crippen LogP contribution is -2.47. The molecule has 0 bridgehead atoms. The molecule has 10 heteroatoms. The fourth-order valence-electron chi connectivity index (χ4n) is 6.06. The maximum Gasteiger partial charge on any atom is 0.407 e. The molecular formula is C40H47N3O7. The minimum Gasteiger partial charge on any atom is -0.462 e. The van der Waals surface area contributed by atoms with Gasteiger partial charge in [-0.3, -0.25) is 9.59 Å². The molecule has 0 saturated carbocycles. The van der Waals surface area contributed by atoms with Crippen molar-refractivity contribution < 1.29 is 33.8 Å². The molecule has 0 aromatic heterocycles. The molecule has 0 heterocycles. The largest absolute Gasteiger partial charge is 0.462 e. The number of alkyl carbamates (subject to hydrolysis) is 1.